The molecule has 0 spiro atoms. The van der Waals surface area contributed by atoms with Crippen molar-refractivity contribution in [2.45, 2.75) is 13.3 Å². The van der Waals surface area contributed by atoms with Crippen LogP contribution in [0.5, 0.6) is 11.5 Å². The number of benzene rings is 2. The number of hydrazone groups is 1. The third-order valence-electron chi connectivity index (χ3n) is 3.28. The summed E-state index contributed by atoms with van der Waals surface area (Å²) in [6, 6.07) is 15.0. The number of hydrogen-bond donors (Lipinski definition) is 2. The van der Waals surface area contributed by atoms with Gasteiger partial charge in [-0.3, -0.25) is 4.79 Å². The van der Waals surface area contributed by atoms with Gasteiger partial charge in [0.15, 0.2) is 11.5 Å². The Morgan fingerprint density at radius 3 is 2.68 bits per heavy atom. The van der Waals surface area contributed by atoms with E-state index in [1.54, 1.807) is 13.3 Å². The highest BCUT2D eigenvalue weighted by Gasteiger charge is 2.05. The van der Waals surface area contributed by atoms with Crippen LogP contribution in [0.2, 0.25) is 0 Å². The van der Waals surface area contributed by atoms with E-state index in [0.717, 1.165) is 17.7 Å². The number of rotatable bonds is 9. The summed E-state index contributed by atoms with van der Waals surface area (Å²) in [5.41, 5.74) is 4.17. The highest BCUT2D eigenvalue weighted by molar-refractivity contribution is 5.84. The van der Waals surface area contributed by atoms with E-state index in [4.69, 9.17) is 9.47 Å². The predicted octanol–water partition coefficient (Wildman–Crippen LogP) is 3.05. The molecule has 0 atom stereocenters. The van der Waals surface area contributed by atoms with Crippen LogP contribution in [0.15, 0.2) is 53.6 Å². The Morgan fingerprint density at radius 1 is 1.16 bits per heavy atom. The molecule has 2 rings (SSSR count). The monoisotopic (exact) mass is 341 g/mol. The molecule has 2 aromatic carbocycles. The summed E-state index contributed by atoms with van der Waals surface area (Å²) in [6.07, 6.45) is 2.49. The Morgan fingerprint density at radius 2 is 1.96 bits per heavy atom. The topological polar surface area (TPSA) is 72.0 Å². The number of carbonyl (C=O) groups is 1. The highest BCUT2D eigenvalue weighted by atomic mass is 16.5. The Bertz CT molecular complexity index is 702. The maximum atomic E-state index is 11.8. The number of nitrogens with one attached hydrogen (secondary N) is 2. The van der Waals surface area contributed by atoms with Crippen molar-refractivity contribution in [1.82, 2.24) is 5.43 Å². The number of nitrogens with zero attached hydrogens (tertiary/aromatic N) is 1. The number of anilines is 1. The van der Waals surface area contributed by atoms with Crippen molar-refractivity contribution < 1.29 is 14.3 Å². The van der Waals surface area contributed by atoms with Crippen molar-refractivity contribution in [3.8, 4) is 11.5 Å². The maximum Gasteiger partial charge on any atom is 0.259 e. The van der Waals surface area contributed by atoms with Crippen molar-refractivity contribution in [2.24, 2.45) is 5.10 Å². The van der Waals surface area contributed by atoms with E-state index in [1.807, 2.05) is 55.5 Å². The molecule has 6 nitrogen and oxygen atoms in total. The van der Waals surface area contributed by atoms with Gasteiger partial charge in [-0.05, 0) is 42.3 Å². The van der Waals surface area contributed by atoms with Crippen LogP contribution in [0.4, 0.5) is 5.69 Å². The molecular weight excluding hydrogens is 318 g/mol. The first kappa shape index (κ1) is 18.3. The van der Waals surface area contributed by atoms with Crippen LogP contribution in [-0.2, 0) is 4.79 Å². The van der Waals surface area contributed by atoms with Crippen LogP contribution >= 0.6 is 0 Å². The molecule has 0 aliphatic rings. The fourth-order valence-electron chi connectivity index (χ4n) is 2.05. The zero-order chi connectivity index (χ0) is 17.9. The van der Waals surface area contributed by atoms with Crippen LogP contribution in [0.1, 0.15) is 18.9 Å². The number of hydrogen-bond acceptors (Lipinski definition) is 5. The lowest BCUT2D eigenvalue weighted by Gasteiger charge is -2.10. The zero-order valence-corrected chi connectivity index (χ0v) is 14.5. The SMILES string of the molecule is CCCOc1ccc(/C=N\NC(=O)CNc2ccccc2)cc1OC. The average Bonchev–Trinajstić information content (AvgIpc) is 2.66. The van der Waals surface area contributed by atoms with Gasteiger partial charge in [0, 0.05) is 5.69 Å². The maximum absolute atomic E-state index is 11.8. The molecule has 0 saturated carbocycles. The van der Waals surface area contributed by atoms with E-state index in [0.29, 0.717) is 18.1 Å². The Hall–Kier alpha value is -3.02. The molecule has 25 heavy (non-hydrogen) atoms. The van der Waals surface area contributed by atoms with Gasteiger partial charge in [0.05, 0.1) is 26.5 Å². The summed E-state index contributed by atoms with van der Waals surface area (Å²) in [5, 5.41) is 6.98. The summed E-state index contributed by atoms with van der Waals surface area (Å²) in [6.45, 7) is 2.82. The standard InChI is InChI=1S/C19H23N3O3/c1-3-11-25-17-10-9-15(12-18(17)24-2)13-21-22-19(23)14-20-16-7-5-4-6-8-16/h4-10,12-13,20H,3,11,14H2,1-2H3,(H,22,23)/b21-13-. The van der Waals surface area contributed by atoms with Gasteiger partial charge in [-0.25, -0.2) is 5.43 Å². The molecule has 2 aromatic rings. The van der Waals surface area contributed by atoms with Gasteiger partial charge < -0.3 is 14.8 Å². The van der Waals surface area contributed by atoms with E-state index in [2.05, 4.69) is 15.8 Å². The summed E-state index contributed by atoms with van der Waals surface area (Å²) < 4.78 is 10.9. The lowest BCUT2D eigenvalue weighted by molar-refractivity contribution is -0.119. The largest absolute Gasteiger partial charge is 0.493 e. The molecule has 0 aliphatic heterocycles. The number of methoxy groups -OCH3 is 1. The second kappa shape index (κ2) is 9.97. The molecule has 1 amide bonds. The normalized spacial score (nSPS) is 10.5. The Balaban J connectivity index is 1.85. The number of para-hydroxylation sites is 1. The first-order valence-electron chi connectivity index (χ1n) is 8.14. The van der Waals surface area contributed by atoms with Gasteiger partial charge in [0.1, 0.15) is 0 Å². The molecule has 0 radical (unpaired) electrons. The third kappa shape index (κ3) is 6.18. The fourth-order valence-corrected chi connectivity index (χ4v) is 2.05. The minimum absolute atomic E-state index is 0.147. The van der Waals surface area contributed by atoms with Gasteiger partial charge in [0.2, 0.25) is 0 Å². The first-order valence-corrected chi connectivity index (χ1v) is 8.14. The first-order chi connectivity index (χ1) is 12.2. The third-order valence-corrected chi connectivity index (χ3v) is 3.28. The van der Waals surface area contributed by atoms with Crippen molar-refractivity contribution >= 4 is 17.8 Å². The Kier molecular flexibility index (Phi) is 7.31. The van der Waals surface area contributed by atoms with E-state index in [9.17, 15) is 4.79 Å². The molecular formula is C19H23N3O3. The van der Waals surface area contributed by atoms with Crippen LogP contribution in [0, 0.1) is 0 Å². The number of carbonyl (C=O) groups excluding carboxylic acids is 1. The smallest absolute Gasteiger partial charge is 0.259 e. The van der Waals surface area contributed by atoms with Gasteiger partial charge in [-0.15, -0.1) is 0 Å². The summed E-state index contributed by atoms with van der Waals surface area (Å²) in [5.74, 6) is 1.10. The lowest BCUT2D eigenvalue weighted by Crippen LogP contribution is -2.25. The minimum Gasteiger partial charge on any atom is -0.493 e. The van der Waals surface area contributed by atoms with Gasteiger partial charge in [0.25, 0.3) is 5.91 Å². The van der Waals surface area contributed by atoms with Crippen LogP contribution in [-0.4, -0.2) is 32.4 Å². The van der Waals surface area contributed by atoms with E-state index in [1.165, 1.54) is 0 Å². The lowest BCUT2D eigenvalue weighted by atomic mass is 10.2. The Labute approximate surface area is 147 Å². The molecule has 2 N–H and O–H groups in total. The predicted molar refractivity (Wildman–Crippen MR) is 99.4 cm³/mol. The van der Waals surface area contributed by atoms with Gasteiger partial charge >= 0.3 is 0 Å². The molecule has 132 valence electrons. The second-order valence-electron chi connectivity index (χ2n) is 5.27. The number of amides is 1. The van der Waals surface area contributed by atoms with Gasteiger partial charge in [-0.2, -0.15) is 5.10 Å². The van der Waals surface area contributed by atoms with E-state index in [-0.39, 0.29) is 12.5 Å². The van der Waals surface area contributed by atoms with Crippen molar-refractivity contribution in [3.63, 3.8) is 0 Å². The quantitative estimate of drug-likeness (QED) is 0.543. The van der Waals surface area contributed by atoms with Crippen molar-refractivity contribution in [2.75, 3.05) is 25.6 Å². The molecule has 0 fully saturated rings. The number of ether oxygens (including phenoxy) is 2. The fraction of sp³-hybridized carbons (Fsp3) is 0.263. The van der Waals surface area contributed by atoms with Crippen LogP contribution in [0.3, 0.4) is 0 Å². The van der Waals surface area contributed by atoms with Gasteiger partial charge in [-0.1, -0.05) is 25.1 Å². The average molecular weight is 341 g/mol. The van der Waals surface area contributed by atoms with Crippen molar-refractivity contribution in [3.05, 3.63) is 54.1 Å². The highest BCUT2D eigenvalue weighted by Crippen LogP contribution is 2.27. The molecule has 6 heteroatoms. The van der Waals surface area contributed by atoms with E-state index >= 15 is 0 Å². The van der Waals surface area contributed by atoms with Crippen LogP contribution < -0.4 is 20.2 Å². The molecule has 0 bridgehead atoms. The minimum atomic E-state index is -0.227. The molecule has 0 heterocycles. The molecule has 0 unspecified atom stereocenters. The summed E-state index contributed by atoms with van der Waals surface area (Å²) in [7, 11) is 1.59. The van der Waals surface area contributed by atoms with E-state index < -0.39 is 0 Å². The summed E-state index contributed by atoms with van der Waals surface area (Å²) >= 11 is 0. The molecule has 0 aliphatic carbocycles. The second-order valence-corrected chi connectivity index (χ2v) is 5.27. The van der Waals surface area contributed by atoms with Crippen molar-refractivity contribution in [1.29, 1.82) is 0 Å². The van der Waals surface area contributed by atoms with Crippen LogP contribution in [0.25, 0.3) is 0 Å². The zero-order valence-electron chi connectivity index (χ0n) is 14.5. The molecule has 0 aromatic heterocycles. The molecule has 0 saturated heterocycles. The summed E-state index contributed by atoms with van der Waals surface area (Å²) in [4.78, 5) is 11.8.